The summed E-state index contributed by atoms with van der Waals surface area (Å²) in [5.41, 5.74) is 2.92. The Bertz CT molecular complexity index is 1240. The number of carbonyl (C=O) groups is 2. The summed E-state index contributed by atoms with van der Waals surface area (Å²) in [7, 11) is 1.58. The van der Waals surface area contributed by atoms with E-state index in [9.17, 15) is 14.0 Å². The van der Waals surface area contributed by atoms with Crippen molar-refractivity contribution >= 4 is 11.8 Å². The minimum Gasteiger partial charge on any atom is -0.493 e. The van der Waals surface area contributed by atoms with Crippen LogP contribution in [0.2, 0.25) is 0 Å². The van der Waals surface area contributed by atoms with Crippen molar-refractivity contribution in [2.75, 3.05) is 20.2 Å². The lowest BCUT2D eigenvalue weighted by molar-refractivity contribution is -0.139. The van der Waals surface area contributed by atoms with Gasteiger partial charge in [0, 0.05) is 31.5 Å². The molecular formula is C30H31FN2O4. The van der Waals surface area contributed by atoms with Crippen LogP contribution in [0, 0.1) is 5.82 Å². The van der Waals surface area contributed by atoms with Gasteiger partial charge in [-0.2, -0.15) is 0 Å². The average Bonchev–Trinajstić information content (AvgIpc) is 3.70. The smallest absolute Gasteiger partial charge is 0.242 e. The summed E-state index contributed by atoms with van der Waals surface area (Å²) in [5.74, 6) is 0.994. The van der Waals surface area contributed by atoms with Crippen LogP contribution in [0.5, 0.6) is 11.5 Å². The minimum atomic E-state index is -0.287. The fourth-order valence-corrected chi connectivity index (χ4v) is 4.80. The molecule has 0 aromatic heterocycles. The zero-order valence-electron chi connectivity index (χ0n) is 20.9. The van der Waals surface area contributed by atoms with Crippen LogP contribution in [0.15, 0.2) is 72.8 Å². The topological polar surface area (TPSA) is 59.1 Å². The molecule has 37 heavy (non-hydrogen) atoms. The summed E-state index contributed by atoms with van der Waals surface area (Å²) in [6, 6.07) is 22.0. The van der Waals surface area contributed by atoms with E-state index >= 15 is 0 Å². The Morgan fingerprint density at radius 1 is 1.00 bits per heavy atom. The maximum Gasteiger partial charge on any atom is 0.242 e. The number of ether oxygens (including phenoxy) is 2. The van der Waals surface area contributed by atoms with Crippen LogP contribution in [-0.2, 0) is 22.7 Å². The molecule has 192 valence electrons. The van der Waals surface area contributed by atoms with Gasteiger partial charge in [0.25, 0.3) is 0 Å². The molecule has 2 fully saturated rings. The molecule has 0 N–H and O–H groups in total. The maximum absolute atomic E-state index is 13.3. The van der Waals surface area contributed by atoms with Gasteiger partial charge in [0.2, 0.25) is 11.8 Å². The van der Waals surface area contributed by atoms with Crippen molar-refractivity contribution in [3.63, 3.8) is 0 Å². The third kappa shape index (κ3) is 6.10. The number of amides is 2. The molecule has 1 aliphatic carbocycles. The van der Waals surface area contributed by atoms with Crippen molar-refractivity contribution in [1.29, 1.82) is 0 Å². The van der Waals surface area contributed by atoms with E-state index in [4.69, 9.17) is 9.47 Å². The fraction of sp³-hybridized carbons (Fsp3) is 0.333. The number of likely N-dealkylation sites (tertiary alicyclic amines) is 1. The fourth-order valence-electron chi connectivity index (χ4n) is 4.80. The van der Waals surface area contributed by atoms with Gasteiger partial charge in [0.05, 0.1) is 13.7 Å². The lowest BCUT2D eigenvalue weighted by Crippen LogP contribution is -2.41. The lowest BCUT2D eigenvalue weighted by atomic mass is 9.99. The Balaban J connectivity index is 1.22. The van der Waals surface area contributed by atoms with Crippen molar-refractivity contribution < 1.29 is 23.5 Å². The molecule has 5 rings (SSSR count). The minimum absolute atomic E-state index is 0.0276. The summed E-state index contributed by atoms with van der Waals surface area (Å²) in [6.07, 6.45) is 2.39. The third-order valence-corrected chi connectivity index (χ3v) is 7.01. The highest BCUT2D eigenvalue weighted by molar-refractivity contribution is 5.87. The highest BCUT2D eigenvalue weighted by Crippen LogP contribution is 2.33. The molecule has 2 aliphatic rings. The van der Waals surface area contributed by atoms with Crippen LogP contribution in [0.25, 0.3) is 0 Å². The van der Waals surface area contributed by atoms with Crippen molar-refractivity contribution in [2.45, 2.75) is 44.4 Å². The number of methoxy groups -OCH3 is 1. The van der Waals surface area contributed by atoms with E-state index in [0.29, 0.717) is 31.0 Å². The zero-order chi connectivity index (χ0) is 25.8. The summed E-state index contributed by atoms with van der Waals surface area (Å²) in [4.78, 5) is 29.6. The summed E-state index contributed by atoms with van der Waals surface area (Å²) >= 11 is 0. The third-order valence-electron chi connectivity index (χ3n) is 7.01. The van der Waals surface area contributed by atoms with Gasteiger partial charge in [-0.1, -0.05) is 48.5 Å². The molecule has 0 radical (unpaired) electrons. The van der Waals surface area contributed by atoms with Crippen LogP contribution in [0.4, 0.5) is 4.39 Å². The van der Waals surface area contributed by atoms with Crippen LogP contribution in [-0.4, -0.2) is 47.9 Å². The number of halogens is 1. The predicted octanol–water partition coefficient (Wildman–Crippen LogP) is 4.92. The molecule has 1 heterocycles. The monoisotopic (exact) mass is 502 g/mol. The van der Waals surface area contributed by atoms with Crippen LogP contribution in [0.1, 0.15) is 41.9 Å². The predicted molar refractivity (Wildman–Crippen MR) is 138 cm³/mol. The first-order valence-electron chi connectivity index (χ1n) is 12.7. The highest BCUT2D eigenvalue weighted by atomic mass is 19.1. The van der Waals surface area contributed by atoms with E-state index < -0.39 is 0 Å². The Labute approximate surface area is 216 Å². The second-order valence-corrected chi connectivity index (χ2v) is 9.74. The Hall–Kier alpha value is -3.87. The molecule has 1 aliphatic heterocycles. The molecule has 0 spiro atoms. The molecule has 2 amide bonds. The first-order chi connectivity index (χ1) is 18.0. The molecular weight excluding hydrogens is 471 g/mol. The molecule has 3 aromatic carbocycles. The van der Waals surface area contributed by atoms with Crippen molar-refractivity contribution in [3.05, 3.63) is 95.3 Å². The largest absolute Gasteiger partial charge is 0.493 e. The van der Waals surface area contributed by atoms with E-state index in [0.717, 1.165) is 29.5 Å². The van der Waals surface area contributed by atoms with Gasteiger partial charge in [-0.15, -0.1) is 0 Å². The molecule has 1 saturated carbocycles. The van der Waals surface area contributed by atoms with Gasteiger partial charge in [-0.05, 0) is 53.8 Å². The van der Waals surface area contributed by atoms with E-state index in [1.54, 1.807) is 24.1 Å². The number of benzene rings is 3. The van der Waals surface area contributed by atoms with E-state index in [1.165, 1.54) is 12.1 Å². The quantitative estimate of drug-likeness (QED) is 0.395. The number of carbonyl (C=O) groups excluding carboxylic acids is 2. The van der Waals surface area contributed by atoms with E-state index in [2.05, 4.69) is 0 Å². The molecule has 1 saturated heterocycles. The first-order valence-corrected chi connectivity index (χ1v) is 12.7. The Kier molecular flexibility index (Phi) is 7.40. The normalized spacial score (nSPS) is 17.1. The van der Waals surface area contributed by atoms with Gasteiger partial charge in [-0.3, -0.25) is 9.59 Å². The SMILES string of the molecule is COc1cc(CN(C(=O)CN2C[C@@H](c3ccccc3)CC2=O)C2CC2)ccc1OCc1ccc(F)cc1. The highest BCUT2D eigenvalue weighted by Gasteiger charge is 2.36. The van der Waals surface area contributed by atoms with Gasteiger partial charge < -0.3 is 19.3 Å². The Morgan fingerprint density at radius 3 is 2.43 bits per heavy atom. The number of nitrogens with zero attached hydrogens (tertiary/aromatic N) is 2. The van der Waals surface area contributed by atoms with Crippen LogP contribution < -0.4 is 9.47 Å². The second-order valence-electron chi connectivity index (χ2n) is 9.74. The average molecular weight is 503 g/mol. The van der Waals surface area contributed by atoms with E-state index in [-0.39, 0.29) is 42.7 Å². The molecule has 0 unspecified atom stereocenters. The molecule has 7 heteroatoms. The van der Waals surface area contributed by atoms with Crippen LogP contribution in [0.3, 0.4) is 0 Å². The van der Waals surface area contributed by atoms with Gasteiger partial charge in [0.1, 0.15) is 12.4 Å². The lowest BCUT2D eigenvalue weighted by Gasteiger charge is -2.26. The summed E-state index contributed by atoms with van der Waals surface area (Å²) in [5, 5.41) is 0. The maximum atomic E-state index is 13.3. The molecule has 3 aromatic rings. The number of rotatable bonds is 10. The standard InChI is InChI=1S/C30H31FN2O4/c1-36-28-15-22(9-14-27(28)37-20-21-7-10-25(31)11-8-21)17-33(26-12-13-26)30(35)19-32-18-24(16-29(32)34)23-5-3-2-4-6-23/h2-11,14-15,24,26H,12-13,16-20H2,1H3/t24-/m0/s1. The summed E-state index contributed by atoms with van der Waals surface area (Å²) < 4.78 is 24.6. The van der Waals surface area contributed by atoms with Gasteiger partial charge >= 0.3 is 0 Å². The first kappa shape index (κ1) is 24.8. The zero-order valence-corrected chi connectivity index (χ0v) is 20.9. The van der Waals surface area contributed by atoms with E-state index in [1.807, 2.05) is 53.4 Å². The van der Waals surface area contributed by atoms with Crippen LogP contribution >= 0.6 is 0 Å². The van der Waals surface area contributed by atoms with Gasteiger partial charge in [0.15, 0.2) is 11.5 Å². The van der Waals surface area contributed by atoms with Crippen molar-refractivity contribution in [3.8, 4) is 11.5 Å². The second kappa shape index (κ2) is 11.0. The molecule has 0 bridgehead atoms. The Morgan fingerprint density at radius 2 is 1.73 bits per heavy atom. The number of hydrogen-bond donors (Lipinski definition) is 0. The molecule has 6 nitrogen and oxygen atoms in total. The summed E-state index contributed by atoms with van der Waals surface area (Å²) in [6.45, 7) is 1.41. The van der Waals surface area contributed by atoms with Gasteiger partial charge in [-0.25, -0.2) is 4.39 Å². The molecule has 1 atom stereocenters. The number of hydrogen-bond acceptors (Lipinski definition) is 4. The van der Waals surface area contributed by atoms with Crippen molar-refractivity contribution in [2.24, 2.45) is 0 Å². The van der Waals surface area contributed by atoms with Crippen molar-refractivity contribution in [1.82, 2.24) is 9.80 Å².